The molecule has 0 spiro atoms. The van der Waals surface area contributed by atoms with Gasteiger partial charge in [-0.15, -0.1) is 0 Å². The third-order valence-electron chi connectivity index (χ3n) is 4.84. The molecule has 2 fully saturated rings. The van der Waals surface area contributed by atoms with E-state index in [0.717, 1.165) is 18.4 Å². The zero-order valence-corrected chi connectivity index (χ0v) is 14.2. The van der Waals surface area contributed by atoms with Crippen LogP contribution < -0.4 is 5.32 Å². The maximum Gasteiger partial charge on any atom is 0.327 e. The molecule has 4 amide bonds. The topological polar surface area (TPSA) is 69.7 Å². The Bertz CT molecular complexity index is 844. The lowest BCUT2D eigenvalue weighted by Gasteiger charge is -2.16. The molecule has 4 rings (SSSR count). The van der Waals surface area contributed by atoms with Gasteiger partial charge >= 0.3 is 6.03 Å². The first-order valence-corrected chi connectivity index (χ1v) is 8.71. The molecule has 0 aliphatic carbocycles. The van der Waals surface area contributed by atoms with E-state index in [4.69, 9.17) is 0 Å². The minimum absolute atomic E-state index is 0.133. The lowest BCUT2D eigenvalue weighted by Crippen LogP contribution is -2.32. The third kappa shape index (κ3) is 2.94. The van der Waals surface area contributed by atoms with Crippen LogP contribution in [0, 0.1) is 0 Å². The number of anilines is 1. The Kier molecular flexibility index (Phi) is 4.16. The summed E-state index contributed by atoms with van der Waals surface area (Å²) in [5, 5.41) is 2.83. The van der Waals surface area contributed by atoms with Crippen molar-refractivity contribution in [2.45, 2.75) is 25.4 Å². The standard InChI is InChI=1S/C20H19N3O3/c24-18(21-16-8-2-1-3-9-16)15-7-4-6-14(12-15)13-23-19(25)17-10-5-11-22(17)20(23)26/h1-4,6-9,12,17H,5,10-11,13H2,(H,21,24). The summed E-state index contributed by atoms with van der Waals surface area (Å²) in [5.41, 5.74) is 1.97. The summed E-state index contributed by atoms with van der Waals surface area (Å²) < 4.78 is 0. The largest absolute Gasteiger partial charge is 0.327 e. The van der Waals surface area contributed by atoms with E-state index in [1.54, 1.807) is 23.1 Å². The number of para-hydroxylation sites is 1. The maximum atomic E-state index is 12.4. The predicted octanol–water partition coefficient (Wildman–Crippen LogP) is 2.87. The minimum atomic E-state index is -0.299. The van der Waals surface area contributed by atoms with Crippen molar-refractivity contribution in [3.8, 4) is 0 Å². The molecule has 2 aromatic rings. The summed E-state index contributed by atoms with van der Waals surface area (Å²) in [6.07, 6.45) is 1.62. The molecular weight excluding hydrogens is 330 g/mol. The highest BCUT2D eigenvalue weighted by Gasteiger charge is 2.47. The van der Waals surface area contributed by atoms with E-state index in [1.165, 1.54) is 4.90 Å². The van der Waals surface area contributed by atoms with E-state index < -0.39 is 0 Å². The van der Waals surface area contributed by atoms with Gasteiger partial charge in [0.2, 0.25) is 0 Å². The lowest BCUT2D eigenvalue weighted by atomic mass is 10.1. The van der Waals surface area contributed by atoms with Gasteiger partial charge in [0.25, 0.3) is 11.8 Å². The molecule has 132 valence electrons. The van der Waals surface area contributed by atoms with Gasteiger partial charge in [0.05, 0.1) is 6.54 Å². The van der Waals surface area contributed by atoms with Crippen LogP contribution >= 0.6 is 0 Å². The van der Waals surface area contributed by atoms with Gasteiger partial charge in [-0.2, -0.15) is 0 Å². The molecule has 0 radical (unpaired) electrons. The first kappa shape index (κ1) is 16.3. The summed E-state index contributed by atoms with van der Waals surface area (Å²) in [5.74, 6) is -0.357. The summed E-state index contributed by atoms with van der Waals surface area (Å²) >= 11 is 0. The van der Waals surface area contributed by atoms with Crippen molar-refractivity contribution in [1.82, 2.24) is 9.80 Å². The molecule has 26 heavy (non-hydrogen) atoms. The fourth-order valence-electron chi connectivity index (χ4n) is 3.55. The average Bonchev–Trinajstić information content (AvgIpc) is 3.23. The van der Waals surface area contributed by atoms with Crippen LogP contribution in [0.3, 0.4) is 0 Å². The van der Waals surface area contributed by atoms with Gasteiger partial charge in [-0.25, -0.2) is 4.79 Å². The second-order valence-electron chi connectivity index (χ2n) is 6.58. The van der Waals surface area contributed by atoms with Crippen molar-refractivity contribution < 1.29 is 14.4 Å². The molecule has 0 aromatic heterocycles. The van der Waals surface area contributed by atoms with Crippen molar-refractivity contribution in [2.75, 3.05) is 11.9 Å². The number of amides is 4. The molecule has 2 saturated heterocycles. The highest BCUT2D eigenvalue weighted by molar-refractivity contribution is 6.05. The molecule has 6 heteroatoms. The molecule has 1 N–H and O–H groups in total. The van der Waals surface area contributed by atoms with Crippen LogP contribution in [-0.4, -0.2) is 40.2 Å². The van der Waals surface area contributed by atoms with E-state index >= 15 is 0 Å². The summed E-state index contributed by atoms with van der Waals surface area (Å²) in [6, 6.07) is 15.7. The number of benzene rings is 2. The highest BCUT2D eigenvalue weighted by Crippen LogP contribution is 2.28. The van der Waals surface area contributed by atoms with Crippen LogP contribution in [0.15, 0.2) is 54.6 Å². The van der Waals surface area contributed by atoms with Crippen LogP contribution in [0.5, 0.6) is 0 Å². The normalized spacial score (nSPS) is 19.0. The number of rotatable bonds is 4. The quantitative estimate of drug-likeness (QED) is 0.863. The molecule has 6 nitrogen and oxygen atoms in total. The molecule has 2 aromatic carbocycles. The number of urea groups is 1. The molecule has 2 heterocycles. The van der Waals surface area contributed by atoms with Gasteiger partial charge in [-0.1, -0.05) is 30.3 Å². The lowest BCUT2D eigenvalue weighted by molar-refractivity contribution is -0.128. The third-order valence-corrected chi connectivity index (χ3v) is 4.84. The van der Waals surface area contributed by atoms with Crippen LogP contribution in [0.1, 0.15) is 28.8 Å². The fourth-order valence-corrected chi connectivity index (χ4v) is 3.55. The zero-order valence-electron chi connectivity index (χ0n) is 14.2. The predicted molar refractivity (Wildman–Crippen MR) is 96.5 cm³/mol. The number of carbonyl (C=O) groups excluding carboxylic acids is 3. The molecule has 0 saturated carbocycles. The Labute approximate surface area is 151 Å². The van der Waals surface area contributed by atoms with Crippen LogP contribution in [0.25, 0.3) is 0 Å². The van der Waals surface area contributed by atoms with Crippen molar-refractivity contribution in [3.63, 3.8) is 0 Å². The number of hydrogen-bond acceptors (Lipinski definition) is 3. The van der Waals surface area contributed by atoms with Gasteiger partial charge in [0.15, 0.2) is 0 Å². The summed E-state index contributed by atoms with van der Waals surface area (Å²) in [6.45, 7) is 0.836. The van der Waals surface area contributed by atoms with Crippen molar-refractivity contribution >= 4 is 23.5 Å². The van der Waals surface area contributed by atoms with E-state index in [0.29, 0.717) is 17.8 Å². The zero-order chi connectivity index (χ0) is 18.1. The van der Waals surface area contributed by atoms with Gasteiger partial charge in [0, 0.05) is 17.8 Å². The number of fused-ring (bicyclic) bond motifs is 1. The molecule has 2 aliphatic rings. The van der Waals surface area contributed by atoms with Gasteiger partial charge in [-0.3, -0.25) is 14.5 Å². The summed E-state index contributed by atoms with van der Waals surface area (Å²) in [7, 11) is 0. The Balaban J connectivity index is 1.49. The number of imide groups is 1. The SMILES string of the molecule is O=C(Nc1ccccc1)c1cccc(CN2C(=O)C3CCCN3C2=O)c1. The van der Waals surface area contributed by atoms with Gasteiger partial charge in [0.1, 0.15) is 6.04 Å². The van der Waals surface area contributed by atoms with Crippen LogP contribution in [-0.2, 0) is 11.3 Å². The number of nitrogens with one attached hydrogen (secondary N) is 1. The van der Waals surface area contributed by atoms with E-state index in [2.05, 4.69) is 5.32 Å². The second kappa shape index (κ2) is 6.63. The minimum Gasteiger partial charge on any atom is -0.322 e. The molecular formula is C20H19N3O3. The maximum absolute atomic E-state index is 12.4. The van der Waals surface area contributed by atoms with E-state index in [1.807, 2.05) is 36.4 Å². The molecule has 1 atom stereocenters. The molecule has 0 bridgehead atoms. The summed E-state index contributed by atoms with van der Waals surface area (Å²) in [4.78, 5) is 40.2. The first-order chi connectivity index (χ1) is 12.6. The Morgan fingerprint density at radius 1 is 1.08 bits per heavy atom. The van der Waals surface area contributed by atoms with Crippen molar-refractivity contribution in [2.24, 2.45) is 0 Å². The molecule has 2 aliphatic heterocycles. The number of carbonyl (C=O) groups is 3. The second-order valence-corrected chi connectivity index (χ2v) is 6.58. The van der Waals surface area contributed by atoms with Gasteiger partial charge < -0.3 is 10.2 Å². The first-order valence-electron chi connectivity index (χ1n) is 8.71. The number of hydrogen-bond donors (Lipinski definition) is 1. The van der Waals surface area contributed by atoms with Crippen LogP contribution in [0.4, 0.5) is 10.5 Å². The number of nitrogens with zero attached hydrogens (tertiary/aromatic N) is 2. The average molecular weight is 349 g/mol. The van der Waals surface area contributed by atoms with E-state index in [9.17, 15) is 14.4 Å². The Hall–Kier alpha value is -3.15. The van der Waals surface area contributed by atoms with E-state index in [-0.39, 0.29) is 30.4 Å². The monoisotopic (exact) mass is 349 g/mol. The van der Waals surface area contributed by atoms with Crippen molar-refractivity contribution in [1.29, 1.82) is 0 Å². The molecule has 1 unspecified atom stereocenters. The highest BCUT2D eigenvalue weighted by atomic mass is 16.2. The Morgan fingerprint density at radius 2 is 1.88 bits per heavy atom. The van der Waals surface area contributed by atoms with Crippen molar-refractivity contribution in [3.05, 3.63) is 65.7 Å². The van der Waals surface area contributed by atoms with Gasteiger partial charge in [-0.05, 0) is 42.7 Å². The Morgan fingerprint density at radius 3 is 2.65 bits per heavy atom. The smallest absolute Gasteiger partial charge is 0.322 e. The van der Waals surface area contributed by atoms with Crippen LogP contribution in [0.2, 0.25) is 0 Å². The fraction of sp³-hybridized carbons (Fsp3) is 0.250.